The number of fused-ring (bicyclic) bond motifs is 3. The number of rotatable bonds is 8. The van der Waals surface area contributed by atoms with Crippen molar-refractivity contribution in [3.8, 4) is 0 Å². The van der Waals surface area contributed by atoms with E-state index < -0.39 is 0 Å². The Hall–Kier alpha value is -2.48. The molecule has 1 amide bonds. The van der Waals surface area contributed by atoms with E-state index in [9.17, 15) is 4.79 Å². The topological polar surface area (TPSA) is 85.4 Å². The molecule has 29 heavy (non-hydrogen) atoms. The Morgan fingerprint density at radius 1 is 1.14 bits per heavy atom. The van der Waals surface area contributed by atoms with Crippen LogP contribution >= 0.6 is 0 Å². The Labute approximate surface area is 170 Å². The van der Waals surface area contributed by atoms with Crippen LogP contribution in [0.4, 0.5) is 0 Å². The normalized spacial score (nSPS) is 14.7. The van der Waals surface area contributed by atoms with Gasteiger partial charge in [0.25, 0.3) is 0 Å². The highest BCUT2D eigenvalue weighted by Gasteiger charge is 2.21. The number of para-hydroxylation sites is 1. The maximum Gasteiger partial charge on any atom is 0.242 e. The molecule has 1 saturated heterocycles. The van der Waals surface area contributed by atoms with E-state index >= 15 is 0 Å². The second kappa shape index (κ2) is 9.35. The average molecular weight is 396 g/mol. The number of hydrogen-bond donors (Lipinski definition) is 2. The third kappa shape index (κ3) is 4.27. The molecule has 154 valence electrons. The van der Waals surface area contributed by atoms with Gasteiger partial charge in [-0.2, -0.15) is 0 Å². The minimum absolute atomic E-state index is 0.127. The number of nitrogens with two attached hydrogens (primary N) is 1. The maximum absolute atomic E-state index is 13.0. The minimum Gasteiger partial charge on any atom is -0.378 e. The van der Waals surface area contributed by atoms with Gasteiger partial charge in [0.05, 0.1) is 24.4 Å². The Morgan fingerprint density at radius 2 is 1.97 bits per heavy atom. The Balaban J connectivity index is 1.67. The summed E-state index contributed by atoms with van der Waals surface area (Å²) in [5.41, 5.74) is 8.67. The van der Waals surface area contributed by atoms with E-state index in [2.05, 4.69) is 27.0 Å². The molecule has 4 rings (SSSR count). The van der Waals surface area contributed by atoms with Gasteiger partial charge in [0, 0.05) is 42.1 Å². The second-order valence-electron chi connectivity index (χ2n) is 7.42. The van der Waals surface area contributed by atoms with Gasteiger partial charge >= 0.3 is 0 Å². The lowest BCUT2D eigenvalue weighted by Gasteiger charge is -2.27. The number of hydrogen-bond acceptors (Lipinski definition) is 5. The van der Waals surface area contributed by atoms with E-state index in [0.717, 1.165) is 46.9 Å². The number of ether oxygens (including phenoxy) is 1. The van der Waals surface area contributed by atoms with Crippen molar-refractivity contribution < 1.29 is 9.53 Å². The fraction of sp³-hybridized carbons (Fsp3) is 0.455. The number of benzene rings is 1. The summed E-state index contributed by atoms with van der Waals surface area (Å²) in [4.78, 5) is 19.5. The van der Waals surface area contributed by atoms with Gasteiger partial charge in [-0.15, -0.1) is 0 Å². The van der Waals surface area contributed by atoms with Crippen molar-refractivity contribution in [1.82, 2.24) is 19.8 Å². The molecule has 1 aromatic carbocycles. The van der Waals surface area contributed by atoms with Crippen LogP contribution < -0.4 is 11.1 Å². The first-order valence-electron chi connectivity index (χ1n) is 10.4. The number of nitrogens with zero attached hydrogens (tertiary/aromatic N) is 3. The highest BCUT2D eigenvalue weighted by Crippen LogP contribution is 2.30. The number of amides is 1. The molecule has 2 aromatic heterocycles. The minimum atomic E-state index is 0.127. The van der Waals surface area contributed by atoms with E-state index in [1.807, 2.05) is 29.3 Å². The van der Waals surface area contributed by atoms with Gasteiger partial charge in [-0.1, -0.05) is 18.2 Å². The average Bonchev–Trinajstić information content (AvgIpc) is 3.09. The fourth-order valence-corrected chi connectivity index (χ4v) is 4.02. The molecule has 7 heteroatoms. The van der Waals surface area contributed by atoms with Crippen LogP contribution in [0.1, 0.15) is 18.5 Å². The summed E-state index contributed by atoms with van der Waals surface area (Å²) in [5.74, 6) is 0.127. The second-order valence-corrected chi connectivity index (χ2v) is 7.42. The molecule has 0 unspecified atom stereocenters. The zero-order chi connectivity index (χ0) is 20.1. The summed E-state index contributed by atoms with van der Waals surface area (Å²) in [7, 11) is 0. The molecule has 7 nitrogen and oxygen atoms in total. The predicted octanol–water partition coefficient (Wildman–Crippen LogP) is 1.88. The van der Waals surface area contributed by atoms with Crippen LogP contribution in [0.25, 0.3) is 21.8 Å². The molecular formula is C22H29N5O2. The number of carbonyl (C=O) groups excluding carboxylic acids is 1. The summed E-state index contributed by atoms with van der Waals surface area (Å²) in [6.07, 6.45) is 3.92. The number of aromatic nitrogens is 2. The summed E-state index contributed by atoms with van der Waals surface area (Å²) in [6, 6.07) is 10.3. The molecular weight excluding hydrogens is 366 g/mol. The van der Waals surface area contributed by atoms with Crippen molar-refractivity contribution in [2.45, 2.75) is 25.9 Å². The summed E-state index contributed by atoms with van der Waals surface area (Å²) in [6.45, 7) is 5.14. The summed E-state index contributed by atoms with van der Waals surface area (Å²) >= 11 is 0. The first-order chi connectivity index (χ1) is 14.3. The van der Waals surface area contributed by atoms with Crippen molar-refractivity contribution in [3.63, 3.8) is 0 Å². The van der Waals surface area contributed by atoms with Gasteiger partial charge in [0.1, 0.15) is 6.54 Å². The zero-order valence-corrected chi connectivity index (χ0v) is 16.8. The zero-order valence-electron chi connectivity index (χ0n) is 16.8. The van der Waals surface area contributed by atoms with Crippen molar-refractivity contribution >= 4 is 27.7 Å². The molecule has 1 fully saturated rings. The van der Waals surface area contributed by atoms with Gasteiger partial charge in [0.15, 0.2) is 0 Å². The quantitative estimate of drug-likeness (QED) is 0.569. The van der Waals surface area contributed by atoms with Crippen LogP contribution in [-0.2, 0) is 22.6 Å². The van der Waals surface area contributed by atoms with E-state index in [-0.39, 0.29) is 5.91 Å². The van der Waals surface area contributed by atoms with Gasteiger partial charge in [-0.25, -0.2) is 0 Å². The van der Waals surface area contributed by atoms with Gasteiger partial charge in [-0.05, 0) is 38.1 Å². The highest BCUT2D eigenvalue weighted by molar-refractivity contribution is 6.09. The molecule has 0 aliphatic carbocycles. The van der Waals surface area contributed by atoms with Crippen LogP contribution in [0.15, 0.2) is 36.5 Å². The molecule has 1 aliphatic rings. The standard InChI is InChI=1S/C22H29N5O2/c23-8-3-4-9-24-15-19-22-18(7-10-25-19)17-5-1-2-6-20(17)27(22)16-21(28)26-11-13-29-14-12-26/h1-2,5-7,10,24H,3-4,8-9,11-16,23H2. The maximum atomic E-state index is 13.0. The summed E-state index contributed by atoms with van der Waals surface area (Å²) in [5, 5.41) is 5.77. The lowest BCUT2D eigenvalue weighted by atomic mass is 10.1. The highest BCUT2D eigenvalue weighted by atomic mass is 16.5. The molecule has 0 atom stereocenters. The van der Waals surface area contributed by atoms with Crippen molar-refractivity contribution in [2.24, 2.45) is 5.73 Å². The predicted molar refractivity (Wildman–Crippen MR) is 115 cm³/mol. The molecule has 1 aliphatic heterocycles. The van der Waals surface area contributed by atoms with Crippen molar-refractivity contribution in [3.05, 3.63) is 42.2 Å². The van der Waals surface area contributed by atoms with E-state index in [0.29, 0.717) is 45.9 Å². The van der Waals surface area contributed by atoms with Gasteiger partial charge < -0.3 is 25.3 Å². The van der Waals surface area contributed by atoms with Gasteiger partial charge in [0.2, 0.25) is 5.91 Å². The number of carbonyl (C=O) groups is 1. The molecule has 3 heterocycles. The Morgan fingerprint density at radius 3 is 2.79 bits per heavy atom. The molecule has 3 N–H and O–H groups in total. The molecule has 0 radical (unpaired) electrons. The number of pyridine rings is 1. The first-order valence-corrected chi connectivity index (χ1v) is 10.4. The van der Waals surface area contributed by atoms with Crippen LogP contribution in [0, 0.1) is 0 Å². The van der Waals surface area contributed by atoms with E-state index in [1.165, 1.54) is 0 Å². The fourth-order valence-electron chi connectivity index (χ4n) is 4.02. The SMILES string of the molecule is NCCCCNCc1nccc2c3ccccc3n(CC(=O)N3CCOCC3)c12. The third-order valence-corrected chi connectivity index (χ3v) is 5.51. The number of nitrogens with one attached hydrogen (secondary N) is 1. The lowest BCUT2D eigenvalue weighted by molar-refractivity contribution is -0.135. The number of unbranched alkanes of at least 4 members (excludes halogenated alkanes) is 1. The molecule has 0 spiro atoms. The van der Waals surface area contributed by atoms with Crippen LogP contribution in [-0.4, -0.2) is 59.8 Å². The smallest absolute Gasteiger partial charge is 0.242 e. The van der Waals surface area contributed by atoms with E-state index in [1.54, 1.807) is 0 Å². The molecule has 0 bridgehead atoms. The largest absolute Gasteiger partial charge is 0.378 e. The third-order valence-electron chi connectivity index (χ3n) is 5.51. The van der Waals surface area contributed by atoms with Crippen LogP contribution in [0.3, 0.4) is 0 Å². The van der Waals surface area contributed by atoms with Crippen molar-refractivity contribution in [1.29, 1.82) is 0 Å². The van der Waals surface area contributed by atoms with Crippen molar-refractivity contribution in [2.75, 3.05) is 39.4 Å². The first kappa shape index (κ1) is 19.8. The number of morpholine rings is 1. The molecule has 0 saturated carbocycles. The van der Waals surface area contributed by atoms with Crippen LogP contribution in [0.2, 0.25) is 0 Å². The monoisotopic (exact) mass is 395 g/mol. The van der Waals surface area contributed by atoms with E-state index in [4.69, 9.17) is 10.5 Å². The summed E-state index contributed by atoms with van der Waals surface area (Å²) < 4.78 is 7.52. The Kier molecular flexibility index (Phi) is 6.39. The Bertz CT molecular complexity index is 978. The van der Waals surface area contributed by atoms with Crippen LogP contribution in [0.5, 0.6) is 0 Å². The lowest BCUT2D eigenvalue weighted by Crippen LogP contribution is -2.42. The molecule has 3 aromatic rings. The van der Waals surface area contributed by atoms with Gasteiger partial charge in [-0.3, -0.25) is 9.78 Å².